The molecule has 0 aliphatic carbocycles. The lowest BCUT2D eigenvalue weighted by Crippen LogP contribution is -2.40. The third-order valence-corrected chi connectivity index (χ3v) is 4.46. The molecule has 29 heavy (non-hydrogen) atoms. The average molecular weight is 415 g/mol. The minimum absolute atomic E-state index is 0.0580. The van der Waals surface area contributed by atoms with Crippen LogP contribution in [0.4, 0.5) is 0 Å². The predicted octanol–water partition coefficient (Wildman–Crippen LogP) is 2.58. The summed E-state index contributed by atoms with van der Waals surface area (Å²) >= 11 is 0. The van der Waals surface area contributed by atoms with Crippen LogP contribution in [-0.4, -0.2) is 87.4 Å². The van der Waals surface area contributed by atoms with Crippen LogP contribution >= 0.6 is 0 Å². The zero-order chi connectivity index (χ0) is 21.9. The highest BCUT2D eigenvalue weighted by Gasteiger charge is 2.22. The van der Waals surface area contributed by atoms with Crippen molar-refractivity contribution in [3.05, 3.63) is 0 Å². The Hall–Kier alpha value is -1.18. The highest BCUT2D eigenvalue weighted by atomic mass is 16.5. The first-order valence-electron chi connectivity index (χ1n) is 10.8. The molecule has 0 atom stereocenters. The second-order valence-electron chi connectivity index (χ2n) is 10.1. The van der Waals surface area contributed by atoms with Crippen LogP contribution < -0.4 is 0 Å². The van der Waals surface area contributed by atoms with E-state index in [2.05, 4.69) is 41.5 Å². The minimum Gasteiger partial charge on any atom is -0.378 e. The number of rotatable bonds is 2. The fraction of sp³-hybridized carbons (Fsp3) is 0.909. The monoisotopic (exact) mass is 414 g/mol. The predicted molar refractivity (Wildman–Crippen MR) is 114 cm³/mol. The quantitative estimate of drug-likeness (QED) is 0.695. The Balaban J connectivity index is 2.63. The summed E-state index contributed by atoms with van der Waals surface area (Å²) in [5.41, 5.74) is -0.116. The maximum absolute atomic E-state index is 12.6. The SMILES string of the molecule is CC(C)(C)CC(=O)N1CCOCCOCCN(C(=O)CC(C)(C)C)CCOCC1. The van der Waals surface area contributed by atoms with E-state index in [4.69, 9.17) is 14.2 Å². The van der Waals surface area contributed by atoms with Gasteiger partial charge < -0.3 is 24.0 Å². The molecule has 2 amide bonds. The van der Waals surface area contributed by atoms with Gasteiger partial charge in [0.25, 0.3) is 0 Å². The number of carbonyl (C=O) groups is 2. The van der Waals surface area contributed by atoms with E-state index in [0.717, 1.165) is 0 Å². The molecular formula is C22H42N2O5. The summed E-state index contributed by atoms with van der Waals surface area (Å²) in [6.07, 6.45) is 0.983. The van der Waals surface area contributed by atoms with Gasteiger partial charge in [0.1, 0.15) is 0 Å². The van der Waals surface area contributed by atoms with Crippen molar-refractivity contribution >= 4 is 11.8 Å². The highest BCUT2D eigenvalue weighted by molar-refractivity contribution is 5.77. The summed E-state index contributed by atoms with van der Waals surface area (Å²) in [6, 6.07) is 0. The molecule has 0 aromatic heterocycles. The number of nitrogens with zero attached hydrogens (tertiary/aromatic N) is 2. The molecule has 7 heteroatoms. The molecule has 1 heterocycles. The number of amides is 2. The molecule has 7 nitrogen and oxygen atoms in total. The zero-order valence-electron chi connectivity index (χ0n) is 19.4. The molecule has 1 saturated heterocycles. The van der Waals surface area contributed by atoms with Crippen LogP contribution in [0, 0.1) is 10.8 Å². The molecule has 0 aromatic carbocycles. The molecule has 1 aliphatic heterocycles. The fourth-order valence-corrected chi connectivity index (χ4v) is 2.98. The molecule has 1 fully saturated rings. The molecule has 0 N–H and O–H groups in total. The van der Waals surface area contributed by atoms with E-state index in [1.54, 1.807) is 0 Å². The van der Waals surface area contributed by atoms with Gasteiger partial charge in [-0.25, -0.2) is 0 Å². The Morgan fingerprint density at radius 3 is 1.14 bits per heavy atom. The molecular weight excluding hydrogens is 372 g/mol. The van der Waals surface area contributed by atoms with Crippen LogP contribution in [0.5, 0.6) is 0 Å². The third-order valence-electron chi connectivity index (χ3n) is 4.46. The molecule has 1 rings (SSSR count). The van der Waals surface area contributed by atoms with Crippen molar-refractivity contribution in [1.29, 1.82) is 0 Å². The van der Waals surface area contributed by atoms with Crippen molar-refractivity contribution in [3.63, 3.8) is 0 Å². The second kappa shape index (κ2) is 12.5. The van der Waals surface area contributed by atoms with Crippen molar-refractivity contribution in [2.75, 3.05) is 65.8 Å². The van der Waals surface area contributed by atoms with Gasteiger partial charge in [-0.15, -0.1) is 0 Å². The molecule has 0 saturated carbocycles. The molecule has 170 valence electrons. The standard InChI is InChI=1S/C22H42N2O5/c1-21(2,3)17-19(25)23-7-11-27-12-8-24(20(26)18-22(4,5)6)10-14-29-16-15-28-13-9-23/h7-18H2,1-6H3. The van der Waals surface area contributed by atoms with Crippen LogP contribution in [0.15, 0.2) is 0 Å². The van der Waals surface area contributed by atoms with Gasteiger partial charge in [-0.1, -0.05) is 41.5 Å². The van der Waals surface area contributed by atoms with Gasteiger partial charge in [0, 0.05) is 39.0 Å². The van der Waals surface area contributed by atoms with E-state index in [9.17, 15) is 9.59 Å². The number of carbonyl (C=O) groups excluding carboxylic acids is 2. The van der Waals surface area contributed by atoms with Crippen molar-refractivity contribution in [2.24, 2.45) is 10.8 Å². The maximum atomic E-state index is 12.6. The van der Waals surface area contributed by atoms with Crippen molar-refractivity contribution in [1.82, 2.24) is 9.80 Å². The van der Waals surface area contributed by atoms with Crippen molar-refractivity contribution in [2.45, 2.75) is 54.4 Å². The van der Waals surface area contributed by atoms with Gasteiger partial charge in [0.2, 0.25) is 11.8 Å². The summed E-state index contributed by atoms with van der Waals surface area (Å²) in [5, 5.41) is 0. The highest BCUT2D eigenvalue weighted by Crippen LogP contribution is 2.20. The van der Waals surface area contributed by atoms with Crippen LogP contribution in [0.2, 0.25) is 0 Å². The Morgan fingerprint density at radius 1 is 0.586 bits per heavy atom. The van der Waals surface area contributed by atoms with Crippen LogP contribution in [0.25, 0.3) is 0 Å². The molecule has 1 aliphatic rings. The Bertz CT molecular complexity index is 452. The Labute approximate surface area is 177 Å². The zero-order valence-corrected chi connectivity index (χ0v) is 19.4. The van der Waals surface area contributed by atoms with E-state index in [1.807, 2.05) is 9.80 Å². The molecule has 0 aromatic rings. The second-order valence-corrected chi connectivity index (χ2v) is 10.1. The third kappa shape index (κ3) is 12.9. The fourth-order valence-electron chi connectivity index (χ4n) is 2.98. The molecule has 0 bridgehead atoms. The smallest absolute Gasteiger partial charge is 0.223 e. The molecule has 0 spiro atoms. The number of hydrogen-bond acceptors (Lipinski definition) is 5. The van der Waals surface area contributed by atoms with E-state index in [-0.39, 0.29) is 22.6 Å². The number of ether oxygens (including phenoxy) is 3. The van der Waals surface area contributed by atoms with Crippen molar-refractivity contribution < 1.29 is 23.8 Å². The van der Waals surface area contributed by atoms with Crippen LogP contribution in [-0.2, 0) is 23.8 Å². The van der Waals surface area contributed by atoms with E-state index in [0.29, 0.717) is 78.7 Å². The first-order chi connectivity index (χ1) is 13.5. The molecule has 0 radical (unpaired) electrons. The topological polar surface area (TPSA) is 68.3 Å². The maximum Gasteiger partial charge on any atom is 0.223 e. The molecule has 0 unspecified atom stereocenters. The van der Waals surface area contributed by atoms with Crippen molar-refractivity contribution in [3.8, 4) is 0 Å². The summed E-state index contributed by atoms with van der Waals surface area (Å²) in [6.45, 7) is 17.4. The summed E-state index contributed by atoms with van der Waals surface area (Å²) < 4.78 is 17.0. The lowest BCUT2D eigenvalue weighted by Gasteiger charge is -2.27. The summed E-state index contributed by atoms with van der Waals surface area (Å²) in [4.78, 5) is 28.9. The van der Waals surface area contributed by atoms with Gasteiger partial charge in [-0.2, -0.15) is 0 Å². The van der Waals surface area contributed by atoms with Crippen LogP contribution in [0.3, 0.4) is 0 Å². The first kappa shape index (κ1) is 25.9. The normalized spacial score (nSPS) is 19.4. The lowest BCUT2D eigenvalue weighted by molar-refractivity contribution is -0.134. The van der Waals surface area contributed by atoms with Gasteiger partial charge in [0.05, 0.1) is 39.6 Å². The van der Waals surface area contributed by atoms with E-state index < -0.39 is 0 Å². The summed E-state index contributed by atoms with van der Waals surface area (Å²) in [5.74, 6) is 0.236. The van der Waals surface area contributed by atoms with E-state index >= 15 is 0 Å². The lowest BCUT2D eigenvalue weighted by atomic mass is 9.91. The minimum atomic E-state index is -0.0580. The van der Waals surface area contributed by atoms with Gasteiger partial charge in [0.15, 0.2) is 0 Å². The average Bonchev–Trinajstić information content (AvgIpc) is 2.56. The summed E-state index contributed by atoms with van der Waals surface area (Å²) in [7, 11) is 0. The van der Waals surface area contributed by atoms with Crippen LogP contribution in [0.1, 0.15) is 54.4 Å². The number of hydrogen-bond donors (Lipinski definition) is 0. The Morgan fingerprint density at radius 2 is 0.862 bits per heavy atom. The van der Waals surface area contributed by atoms with Gasteiger partial charge >= 0.3 is 0 Å². The van der Waals surface area contributed by atoms with E-state index in [1.165, 1.54) is 0 Å². The van der Waals surface area contributed by atoms with Gasteiger partial charge in [-0.3, -0.25) is 9.59 Å². The largest absolute Gasteiger partial charge is 0.378 e. The Kier molecular flexibility index (Phi) is 11.1. The van der Waals surface area contributed by atoms with Gasteiger partial charge in [-0.05, 0) is 10.8 Å². The first-order valence-corrected chi connectivity index (χ1v) is 10.8.